The van der Waals surface area contributed by atoms with Gasteiger partial charge in [0.1, 0.15) is 0 Å². The summed E-state index contributed by atoms with van der Waals surface area (Å²) >= 11 is 5.70. The fraction of sp³-hybridized carbons (Fsp3) is 0.529. The lowest BCUT2D eigenvalue weighted by atomic mass is 10.1. The number of aromatic nitrogens is 2. The maximum absolute atomic E-state index is 12.8. The highest BCUT2D eigenvalue weighted by Gasteiger charge is 2.28. The van der Waals surface area contributed by atoms with Crippen molar-refractivity contribution in [3.8, 4) is 0 Å². The summed E-state index contributed by atoms with van der Waals surface area (Å²) in [6, 6.07) is 7.11. The van der Waals surface area contributed by atoms with Crippen molar-refractivity contribution >= 4 is 21.6 Å². The largest absolute Gasteiger partial charge is 0.340 e. The predicted molar refractivity (Wildman–Crippen MR) is 98.6 cm³/mol. The summed E-state index contributed by atoms with van der Waals surface area (Å²) in [5, 5.41) is 3.89. The quantitative estimate of drug-likeness (QED) is 0.664. The molecule has 0 spiro atoms. The van der Waals surface area contributed by atoms with Gasteiger partial charge in [-0.2, -0.15) is 9.29 Å². The molecule has 0 bridgehead atoms. The van der Waals surface area contributed by atoms with Crippen molar-refractivity contribution < 1.29 is 12.9 Å². The number of hydrogen-bond donors (Lipinski definition) is 0. The average molecular weight is 399 g/mol. The van der Waals surface area contributed by atoms with Crippen molar-refractivity contribution in [1.82, 2.24) is 19.3 Å². The van der Waals surface area contributed by atoms with Crippen LogP contribution in [0.3, 0.4) is 0 Å². The molecule has 0 atom stereocenters. The van der Waals surface area contributed by atoms with E-state index in [1.54, 1.807) is 23.4 Å². The van der Waals surface area contributed by atoms with Gasteiger partial charge in [-0.1, -0.05) is 17.3 Å². The van der Waals surface area contributed by atoms with Crippen LogP contribution in [0.15, 0.2) is 33.7 Å². The van der Waals surface area contributed by atoms with Crippen molar-refractivity contribution in [2.24, 2.45) is 0 Å². The summed E-state index contributed by atoms with van der Waals surface area (Å²) in [7, 11) is -3.46. The molecular weight excluding hydrogens is 376 g/mol. The van der Waals surface area contributed by atoms with Crippen molar-refractivity contribution in [3.05, 3.63) is 41.5 Å². The van der Waals surface area contributed by atoms with Crippen molar-refractivity contribution in [3.63, 3.8) is 0 Å². The Kier molecular flexibility index (Phi) is 6.29. The van der Waals surface area contributed by atoms with E-state index < -0.39 is 10.0 Å². The Morgan fingerprint density at radius 3 is 2.42 bits per heavy atom. The summed E-state index contributed by atoms with van der Waals surface area (Å²) in [6.45, 7) is 4.50. The van der Waals surface area contributed by atoms with E-state index in [0.717, 1.165) is 18.4 Å². The Hall–Kier alpha value is -1.48. The van der Waals surface area contributed by atoms with Gasteiger partial charge >= 0.3 is 0 Å². The fourth-order valence-electron chi connectivity index (χ4n) is 2.98. The van der Waals surface area contributed by atoms with E-state index in [9.17, 15) is 8.42 Å². The minimum absolute atomic E-state index is 0.342. The lowest BCUT2D eigenvalue weighted by molar-refractivity contribution is 0.176. The third-order valence-corrected chi connectivity index (χ3v) is 6.61. The predicted octanol–water partition coefficient (Wildman–Crippen LogP) is 2.06. The minimum atomic E-state index is -3.46. The molecule has 9 heteroatoms. The molecule has 0 unspecified atom stereocenters. The van der Waals surface area contributed by atoms with Gasteiger partial charge in [0.25, 0.3) is 0 Å². The van der Waals surface area contributed by atoms with Crippen LogP contribution in [0.2, 0.25) is 0 Å². The Morgan fingerprint density at radius 1 is 1.15 bits per heavy atom. The van der Waals surface area contributed by atoms with Gasteiger partial charge in [-0.25, -0.2) is 8.42 Å². The molecule has 0 N–H and O–H groups in total. The first-order valence-electron chi connectivity index (χ1n) is 8.65. The molecule has 1 aromatic carbocycles. The maximum atomic E-state index is 12.8. The van der Waals surface area contributed by atoms with E-state index in [4.69, 9.17) is 16.1 Å². The van der Waals surface area contributed by atoms with Crippen molar-refractivity contribution in [2.45, 2.75) is 31.2 Å². The van der Waals surface area contributed by atoms with Gasteiger partial charge in [-0.05, 0) is 30.5 Å². The van der Waals surface area contributed by atoms with Crippen LogP contribution in [0.4, 0.5) is 0 Å². The molecule has 0 saturated carbocycles. The zero-order valence-corrected chi connectivity index (χ0v) is 16.3. The smallest absolute Gasteiger partial charge is 0.243 e. The summed E-state index contributed by atoms with van der Waals surface area (Å²) in [5.74, 6) is 1.77. The third kappa shape index (κ3) is 4.62. The second-order valence-electron chi connectivity index (χ2n) is 6.35. The standard InChI is InChI=1S/C17H23ClN4O3S/c1-14-19-17(20-25-14)13-21-9-11-22(12-10-21)26(23,24)16-6-4-15(5-7-16)3-2-8-18/h4-7H,2-3,8-13H2,1H3. The maximum Gasteiger partial charge on any atom is 0.243 e. The summed E-state index contributed by atoms with van der Waals surface area (Å²) < 4.78 is 32.2. The van der Waals surface area contributed by atoms with Gasteiger partial charge in [0, 0.05) is 39.0 Å². The van der Waals surface area contributed by atoms with Gasteiger partial charge < -0.3 is 4.52 Å². The Bertz CT molecular complexity index is 815. The van der Waals surface area contributed by atoms with E-state index in [1.807, 2.05) is 12.1 Å². The van der Waals surface area contributed by atoms with Gasteiger partial charge in [0.15, 0.2) is 5.82 Å². The number of piperazine rings is 1. The van der Waals surface area contributed by atoms with Crippen LogP contribution in [0.1, 0.15) is 23.7 Å². The van der Waals surface area contributed by atoms with Gasteiger partial charge in [0.2, 0.25) is 15.9 Å². The van der Waals surface area contributed by atoms with E-state index >= 15 is 0 Å². The molecular formula is C17H23ClN4O3S. The van der Waals surface area contributed by atoms with Crippen LogP contribution in [-0.2, 0) is 23.0 Å². The first-order valence-corrected chi connectivity index (χ1v) is 10.6. The van der Waals surface area contributed by atoms with E-state index in [1.165, 1.54) is 0 Å². The number of hydrogen-bond acceptors (Lipinski definition) is 6. The van der Waals surface area contributed by atoms with E-state index in [-0.39, 0.29) is 0 Å². The summed E-state index contributed by atoms with van der Waals surface area (Å²) in [5.41, 5.74) is 1.10. The lowest BCUT2D eigenvalue weighted by Gasteiger charge is -2.33. The lowest BCUT2D eigenvalue weighted by Crippen LogP contribution is -2.48. The monoisotopic (exact) mass is 398 g/mol. The molecule has 7 nitrogen and oxygen atoms in total. The highest BCUT2D eigenvalue weighted by molar-refractivity contribution is 7.89. The van der Waals surface area contributed by atoms with E-state index in [0.29, 0.717) is 55.2 Å². The third-order valence-electron chi connectivity index (χ3n) is 4.43. The molecule has 2 heterocycles. The molecule has 1 aromatic heterocycles. The van der Waals surface area contributed by atoms with Crippen LogP contribution in [0.5, 0.6) is 0 Å². The molecule has 26 heavy (non-hydrogen) atoms. The summed E-state index contributed by atoms with van der Waals surface area (Å²) in [6.07, 6.45) is 1.74. The fourth-order valence-corrected chi connectivity index (χ4v) is 4.54. The first kappa shape index (κ1) is 19.3. The topological polar surface area (TPSA) is 79.5 Å². The molecule has 1 aliphatic rings. The summed E-state index contributed by atoms with van der Waals surface area (Å²) in [4.78, 5) is 6.66. The van der Waals surface area contributed by atoms with Crippen LogP contribution in [0, 0.1) is 6.92 Å². The van der Waals surface area contributed by atoms with Crippen LogP contribution in [-0.4, -0.2) is 59.8 Å². The molecule has 0 aliphatic carbocycles. The Labute approximate surface area is 159 Å². The normalized spacial score (nSPS) is 16.8. The number of sulfonamides is 1. The van der Waals surface area contributed by atoms with Crippen LogP contribution < -0.4 is 0 Å². The van der Waals surface area contributed by atoms with E-state index in [2.05, 4.69) is 15.0 Å². The number of benzene rings is 1. The molecule has 1 saturated heterocycles. The molecule has 2 aromatic rings. The second-order valence-corrected chi connectivity index (χ2v) is 8.66. The zero-order chi connectivity index (χ0) is 18.6. The molecule has 0 amide bonds. The average Bonchev–Trinajstić information content (AvgIpc) is 3.05. The Morgan fingerprint density at radius 2 is 1.85 bits per heavy atom. The highest BCUT2D eigenvalue weighted by atomic mass is 35.5. The number of nitrogens with zero attached hydrogens (tertiary/aromatic N) is 4. The van der Waals surface area contributed by atoms with Gasteiger partial charge in [-0.15, -0.1) is 11.6 Å². The number of aryl methyl sites for hydroxylation is 2. The van der Waals surface area contributed by atoms with Crippen molar-refractivity contribution in [1.29, 1.82) is 0 Å². The molecule has 1 aliphatic heterocycles. The number of halogens is 1. The highest BCUT2D eigenvalue weighted by Crippen LogP contribution is 2.19. The SMILES string of the molecule is Cc1nc(CN2CCN(S(=O)(=O)c3ccc(CCCCl)cc3)CC2)no1. The van der Waals surface area contributed by atoms with Gasteiger partial charge in [0.05, 0.1) is 11.4 Å². The first-order chi connectivity index (χ1) is 12.5. The Balaban J connectivity index is 1.58. The molecule has 0 radical (unpaired) electrons. The van der Waals surface area contributed by atoms with Crippen LogP contribution in [0.25, 0.3) is 0 Å². The number of rotatable bonds is 7. The zero-order valence-electron chi connectivity index (χ0n) is 14.8. The minimum Gasteiger partial charge on any atom is -0.340 e. The second kappa shape index (κ2) is 8.47. The molecule has 142 valence electrons. The van der Waals surface area contributed by atoms with Crippen molar-refractivity contribution in [2.75, 3.05) is 32.1 Å². The molecule has 3 rings (SSSR count). The number of alkyl halides is 1. The van der Waals surface area contributed by atoms with Crippen LogP contribution >= 0.6 is 11.6 Å². The van der Waals surface area contributed by atoms with Gasteiger partial charge in [-0.3, -0.25) is 4.90 Å². The molecule has 1 fully saturated rings.